The van der Waals surface area contributed by atoms with Crippen LogP contribution in [0.1, 0.15) is 29.6 Å². The number of benzene rings is 1. The van der Waals surface area contributed by atoms with Gasteiger partial charge in [0.05, 0.1) is 4.99 Å². The maximum Gasteiger partial charge on any atom is 0.254 e. The molecule has 1 aromatic carbocycles. The summed E-state index contributed by atoms with van der Waals surface area (Å²) in [5.74, 6) is -0.0121. The number of amides is 1. The van der Waals surface area contributed by atoms with Gasteiger partial charge in [-0.25, -0.2) is 0 Å². The zero-order chi connectivity index (χ0) is 14.0. The summed E-state index contributed by atoms with van der Waals surface area (Å²) >= 11 is 14.2. The summed E-state index contributed by atoms with van der Waals surface area (Å²) in [4.78, 5) is 14.8. The van der Waals surface area contributed by atoms with Gasteiger partial charge in [0.25, 0.3) is 5.91 Å². The fourth-order valence-corrected chi connectivity index (χ4v) is 2.86. The molecule has 0 aliphatic heterocycles. The van der Waals surface area contributed by atoms with Gasteiger partial charge in [0.1, 0.15) is 0 Å². The summed E-state index contributed by atoms with van der Waals surface area (Å²) in [6.07, 6.45) is 2.65. The average molecular weight is 362 g/mol. The van der Waals surface area contributed by atoms with Crippen LogP contribution in [0.5, 0.6) is 0 Å². The lowest BCUT2D eigenvalue weighted by molar-refractivity contribution is 0.0748. The van der Waals surface area contributed by atoms with E-state index in [0.29, 0.717) is 34.6 Å². The van der Waals surface area contributed by atoms with Crippen LogP contribution in [-0.2, 0) is 0 Å². The molecule has 2 rings (SSSR count). The van der Waals surface area contributed by atoms with Crippen molar-refractivity contribution < 1.29 is 4.79 Å². The third-order valence-corrected chi connectivity index (χ3v) is 3.84. The molecular weight excluding hydrogens is 348 g/mol. The zero-order valence-electron chi connectivity index (χ0n) is 10.2. The summed E-state index contributed by atoms with van der Waals surface area (Å²) in [5.41, 5.74) is 6.11. The third kappa shape index (κ3) is 4.16. The lowest BCUT2D eigenvalue weighted by Gasteiger charge is -2.22. The van der Waals surface area contributed by atoms with Gasteiger partial charge in [0, 0.05) is 34.1 Å². The number of carbonyl (C=O) groups excluding carboxylic acids is 1. The van der Waals surface area contributed by atoms with Crippen LogP contribution in [0.2, 0.25) is 5.02 Å². The molecule has 0 heterocycles. The lowest BCUT2D eigenvalue weighted by atomic mass is 10.2. The quantitative estimate of drug-likeness (QED) is 0.818. The minimum absolute atomic E-state index is 0.0121. The van der Waals surface area contributed by atoms with Crippen molar-refractivity contribution in [2.24, 2.45) is 5.73 Å². The topological polar surface area (TPSA) is 46.3 Å². The Bertz CT molecular complexity index is 499. The van der Waals surface area contributed by atoms with Crippen molar-refractivity contribution in [1.82, 2.24) is 4.90 Å². The van der Waals surface area contributed by atoms with Crippen molar-refractivity contribution in [1.29, 1.82) is 0 Å². The van der Waals surface area contributed by atoms with Crippen molar-refractivity contribution >= 4 is 50.6 Å². The van der Waals surface area contributed by atoms with E-state index in [1.54, 1.807) is 18.2 Å². The second kappa shape index (κ2) is 6.20. The van der Waals surface area contributed by atoms with Crippen LogP contribution < -0.4 is 5.73 Å². The first kappa shape index (κ1) is 14.8. The van der Waals surface area contributed by atoms with Gasteiger partial charge in [0.2, 0.25) is 0 Å². The Hall–Kier alpha value is -0.650. The Morgan fingerprint density at radius 1 is 1.47 bits per heavy atom. The van der Waals surface area contributed by atoms with Gasteiger partial charge in [-0.1, -0.05) is 39.7 Å². The van der Waals surface area contributed by atoms with E-state index in [-0.39, 0.29) is 5.91 Å². The van der Waals surface area contributed by atoms with E-state index < -0.39 is 0 Å². The van der Waals surface area contributed by atoms with Gasteiger partial charge in [-0.3, -0.25) is 4.79 Å². The van der Waals surface area contributed by atoms with Crippen LogP contribution in [0, 0.1) is 0 Å². The molecule has 2 N–H and O–H groups in total. The number of nitrogens with zero attached hydrogens (tertiary/aromatic N) is 1. The summed E-state index contributed by atoms with van der Waals surface area (Å²) in [6, 6.07) is 5.55. The second-order valence-corrected chi connectivity index (χ2v) is 6.48. The van der Waals surface area contributed by atoms with Gasteiger partial charge in [-0.05, 0) is 31.0 Å². The Morgan fingerprint density at radius 2 is 2.16 bits per heavy atom. The summed E-state index contributed by atoms with van der Waals surface area (Å²) in [5, 5.41) is 0.544. The van der Waals surface area contributed by atoms with Crippen molar-refractivity contribution in [3.63, 3.8) is 0 Å². The minimum atomic E-state index is -0.0121. The molecular formula is C13H14BrClN2OS. The Kier molecular flexibility index (Phi) is 4.81. The van der Waals surface area contributed by atoms with Gasteiger partial charge < -0.3 is 10.6 Å². The highest BCUT2D eigenvalue weighted by Crippen LogP contribution is 2.29. The fraction of sp³-hybridized carbons (Fsp3) is 0.385. The number of nitrogens with two attached hydrogens (primary N) is 1. The third-order valence-electron chi connectivity index (χ3n) is 2.96. The highest BCUT2D eigenvalue weighted by atomic mass is 79.9. The standard InChI is InChI=1S/C13H14BrClN2OS/c14-9-5-8(6-10(15)7-9)13(18)17(11-1-2-11)4-3-12(16)19/h5-7,11H,1-4H2,(H2,16,19). The number of rotatable bonds is 5. The van der Waals surface area contributed by atoms with Gasteiger partial charge >= 0.3 is 0 Å². The molecule has 3 nitrogen and oxygen atoms in total. The lowest BCUT2D eigenvalue weighted by Crippen LogP contribution is -2.35. The van der Waals surface area contributed by atoms with E-state index in [2.05, 4.69) is 15.9 Å². The van der Waals surface area contributed by atoms with E-state index >= 15 is 0 Å². The minimum Gasteiger partial charge on any atom is -0.393 e. The summed E-state index contributed by atoms with van der Waals surface area (Å²) in [7, 11) is 0. The molecule has 1 saturated carbocycles. The van der Waals surface area contributed by atoms with E-state index in [1.807, 2.05) is 4.90 Å². The van der Waals surface area contributed by atoms with Gasteiger partial charge in [-0.2, -0.15) is 0 Å². The second-order valence-electron chi connectivity index (χ2n) is 4.60. The van der Waals surface area contributed by atoms with Crippen molar-refractivity contribution in [2.45, 2.75) is 25.3 Å². The molecule has 1 aliphatic rings. The molecule has 1 fully saturated rings. The van der Waals surface area contributed by atoms with Crippen molar-refractivity contribution in [3.05, 3.63) is 33.3 Å². The predicted molar refractivity (Wildman–Crippen MR) is 84.6 cm³/mol. The predicted octanol–water partition coefficient (Wildman–Crippen LogP) is 3.38. The highest BCUT2D eigenvalue weighted by Gasteiger charge is 2.32. The van der Waals surface area contributed by atoms with Gasteiger partial charge in [0.15, 0.2) is 0 Å². The van der Waals surface area contributed by atoms with Crippen molar-refractivity contribution in [3.8, 4) is 0 Å². The van der Waals surface area contributed by atoms with E-state index in [1.165, 1.54) is 0 Å². The Morgan fingerprint density at radius 3 is 2.68 bits per heavy atom. The average Bonchev–Trinajstić information content (AvgIpc) is 3.11. The number of carbonyl (C=O) groups is 1. The molecule has 102 valence electrons. The molecule has 6 heteroatoms. The molecule has 0 spiro atoms. The molecule has 1 aromatic rings. The van der Waals surface area contributed by atoms with Crippen LogP contribution in [0.4, 0.5) is 0 Å². The first-order valence-electron chi connectivity index (χ1n) is 6.03. The van der Waals surface area contributed by atoms with Crippen LogP contribution >= 0.6 is 39.7 Å². The number of hydrogen-bond acceptors (Lipinski definition) is 2. The molecule has 19 heavy (non-hydrogen) atoms. The Balaban J connectivity index is 2.16. The molecule has 0 unspecified atom stereocenters. The maximum atomic E-state index is 12.5. The van der Waals surface area contributed by atoms with Crippen molar-refractivity contribution in [2.75, 3.05) is 6.54 Å². The van der Waals surface area contributed by atoms with Crippen LogP contribution in [0.3, 0.4) is 0 Å². The molecule has 1 amide bonds. The van der Waals surface area contributed by atoms with Crippen LogP contribution in [0.25, 0.3) is 0 Å². The number of hydrogen-bond donors (Lipinski definition) is 1. The first-order valence-corrected chi connectivity index (χ1v) is 7.60. The maximum absolute atomic E-state index is 12.5. The molecule has 0 bridgehead atoms. The first-order chi connectivity index (χ1) is 8.97. The monoisotopic (exact) mass is 360 g/mol. The van der Waals surface area contributed by atoms with E-state index in [4.69, 9.17) is 29.6 Å². The molecule has 0 aromatic heterocycles. The van der Waals surface area contributed by atoms with Crippen LogP contribution in [0.15, 0.2) is 22.7 Å². The molecule has 0 radical (unpaired) electrons. The SMILES string of the molecule is NC(=S)CCN(C(=O)c1cc(Cl)cc(Br)c1)C1CC1. The molecule has 0 saturated heterocycles. The zero-order valence-corrected chi connectivity index (χ0v) is 13.4. The van der Waals surface area contributed by atoms with E-state index in [9.17, 15) is 4.79 Å². The largest absolute Gasteiger partial charge is 0.393 e. The smallest absolute Gasteiger partial charge is 0.254 e. The normalized spacial score (nSPS) is 14.2. The summed E-state index contributed by atoms with van der Waals surface area (Å²) < 4.78 is 0.799. The van der Waals surface area contributed by atoms with E-state index in [0.717, 1.165) is 17.3 Å². The highest BCUT2D eigenvalue weighted by molar-refractivity contribution is 9.10. The van der Waals surface area contributed by atoms with Crippen LogP contribution in [-0.4, -0.2) is 28.4 Å². The van der Waals surface area contributed by atoms with Gasteiger partial charge in [-0.15, -0.1) is 0 Å². The molecule has 1 aliphatic carbocycles. The fourth-order valence-electron chi connectivity index (χ4n) is 1.91. The Labute approximate surface area is 131 Å². The number of halogens is 2. The molecule has 0 atom stereocenters. The number of thiocarbonyl (C=S) groups is 1. The summed E-state index contributed by atoms with van der Waals surface area (Å²) in [6.45, 7) is 0.572.